The molecule has 0 fully saturated rings. The zero-order valence-electron chi connectivity index (χ0n) is 16.7. The molecule has 1 aromatic carbocycles. The van der Waals surface area contributed by atoms with Crippen molar-refractivity contribution in [1.82, 2.24) is 9.88 Å². The lowest BCUT2D eigenvalue weighted by molar-refractivity contribution is -0.125. The number of alkyl halides is 1. The van der Waals surface area contributed by atoms with Gasteiger partial charge in [-0.05, 0) is 54.6 Å². The zero-order valence-corrected chi connectivity index (χ0v) is 17.5. The highest BCUT2D eigenvalue weighted by molar-refractivity contribution is 6.19. The van der Waals surface area contributed by atoms with Gasteiger partial charge in [0.25, 0.3) is 0 Å². The van der Waals surface area contributed by atoms with Crippen molar-refractivity contribution in [2.24, 2.45) is 5.92 Å². The predicted molar refractivity (Wildman–Crippen MR) is 113 cm³/mol. The second-order valence-electron chi connectivity index (χ2n) is 7.58. The molecule has 1 aromatic heterocycles. The summed E-state index contributed by atoms with van der Waals surface area (Å²) in [6.07, 6.45) is 4.84. The molecule has 0 spiro atoms. The molecule has 0 saturated heterocycles. The summed E-state index contributed by atoms with van der Waals surface area (Å²) < 4.78 is 15.3. The Kier molecular flexibility index (Phi) is 7.60. The van der Waals surface area contributed by atoms with E-state index in [2.05, 4.69) is 5.32 Å². The number of amides is 1. The average Bonchev–Trinajstić information content (AvgIpc) is 3.02. The number of carbonyl (C=O) groups excluding carboxylic acids is 1. The summed E-state index contributed by atoms with van der Waals surface area (Å²) in [6.45, 7) is 5.52. The SMILES string of the molecule is CC(C)/C(=C\C=C(\C#N)CCl)NC(=O)CC(C)(O)Cn1ccc2ccc(F)cc21. The Labute approximate surface area is 175 Å². The van der Waals surface area contributed by atoms with Crippen LogP contribution < -0.4 is 5.32 Å². The van der Waals surface area contributed by atoms with Crippen LogP contribution in [0.15, 0.2) is 53.9 Å². The quantitative estimate of drug-likeness (QED) is 0.382. The van der Waals surface area contributed by atoms with Crippen molar-refractivity contribution in [3.05, 3.63) is 59.7 Å². The molecule has 1 unspecified atom stereocenters. The highest BCUT2D eigenvalue weighted by Gasteiger charge is 2.26. The Morgan fingerprint density at radius 2 is 2.14 bits per heavy atom. The van der Waals surface area contributed by atoms with Gasteiger partial charge in [0.2, 0.25) is 5.91 Å². The van der Waals surface area contributed by atoms with Gasteiger partial charge < -0.3 is 15.0 Å². The van der Waals surface area contributed by atoms with Gasteiger partial charge in [-0.25, -0.2) is 4.39 Å². The molecule has 1 amide bonds. The molecule has 29 heavy (non-hydrogen) atoms. The van der Waals surface area contributed by atoms with Crippen LogP contribution >= 0.6 is 11.6 Å². The summed E-state index contributed by atoms with van der Waals surface area (Å²) in [5.41, 5.74) is 0.326. The Hall–Kier alpha value is -2.62. The summed E-state index contributed by atoms with van der Waals surface area (Å²) in [5, 5.41) is 23.4. The maximum Gasteiger partial charge on any atom is 0.227 e. The summed E-state index contributed by atoms with van der Waals surface area (Å²) in [4.78, 5) is 12.5. The summed E-state index contributed by atoms with van der Waals surface area (Å²) in [6, 6.07) is 8.28. The molecular formula is C22H25ClFN3O2. The van der Waals surface area contributed by atoms with Crippen LogP contribution in [0, 0.1) is 23.1 Å². The van der Waals surface area contributed by atoms with Crippen LogP contribution in [0.25, 0.3) is 10.9 Å². The van der Waals surface area contributed by atoms with Gasteiger partial charge >= 0.3 is 0 Å². The minimum Gasteiger partial charge on any atom is -0.388 e. The second kappa shape index (κ2) is 9.73. The van der Waals surface area contributed by atoms with E-state index in [9.17, 15) is 14.3 Å². The van der Waals surface area contributed by atoms with Crippen molar-refractivity contribution in [3.63, 3.8) is 0 Å². The summed E-state index contributed by atoms with van der Waals surface area (Å²) in [7, 11) is 0. The molecular weight excluding hydrogens is 393 g/mol. The first-order chi connectivity index (χ1) is 13.6. The Morgan fingerprint density at radius 1 is 1.41 bits per heavy atom. The molecule has 0 aliphatic carbocycles. The molecule has 2 rings (SSSR count). The largest absolute Gasteiger partial charge is 0.388 e. The highest BCUT2D eigenvalue weighted by atomic mass is 35.5. The monoisotopic (exact) mass is 417 g/mol. The lowest BCUT2D eigenvalue weighted by atomic mass is 10.0. The maximum absolute atomic E-state index is 13.6. The van der Waals surface area contributed by atoms with E-state index >= 15 is 0 Å². The molecule has 154 valence electrons. The first kappa shape index (κ1) is 22.7. The van der Waals surface area contributed by atoms with Crippen molar-refractivity contribution in [2.75, 3.05) is 5.88 Å². The fourth-order valence-corrected chi connectivity index (χ4v) is 3.10. The standard InChI is InChI=1S/C22H25ClFN3O2/c1-15(2)19(7-4-16(12-23)13-25)26-21(28)11-22(3,29)14-27-9-8-17-5-6-18(24)10-20(17)27/h4-10,15,29H,11-12,14H2,1-3H3,(H,26,28)/b16-4+,19-7+. The smallest absolute Gasteiger partial charge is 0.227 e. The molecule has 5 nitrogen and oxygen atoms in total. The second-order valence-corrected chi connectivity index (χ2v) is 7.85. The lowest BCUT2D eigenvalue weighted by Crippen LogP contribution is -2.38. The van der Waals surface area contributed by atoms with E-state index < -0.39 is 5.60 Å². The predicted octanol–water partition coefficient (Wildman–Crippen LogP) is 4.27. The van der Waals surface area contributed by atoms with Gasteiger partial charge in [0, 0.05) is 17.5 Å². The first-order valence-electron chi connectivity index (χ1n) is 9.28. The van der Waals surface area contributed by atoms with Crippen molar-refractivity contribution in [2.45, 2.75) is 39.3 Å². The van der Waals surface area contributed by atoms with Crippen molar-refractivity contribution in [1.29, 1.82) is 5.26 Å². The van der Waals surface area contributed by atoms with Crippen LogP contribution in [0.2, 0.25) is 0 Å². The summed E-state index contributed by atoms with van der Waals surface area (Å²) >= 11 is 5.68. The number of aromatic nitrogens is 1. The molecule has 2 N–H and O–H groups in total. The number of hydrogen-bond donors (Lipinski definition) is 2. The van der Waals surface area contributed by atoms with Crippen LogP contribution in [0.3, 0.4) is 0 Å². The third-order valence-electron chi connectivity index (χ3n) is 4.45. The van der Waals surface area contributed by atoms with E-state index in [1.807, 2.05) is 26.0 Å². The molecule has 1 atom stereocenters. The first-order valence-corrected chi connectivity index (χ1v) is 9.82. The summed E-state index contributed by atoms with van der Waals surface area (Å²) in [5.74, 6) is -0.614. The number of benzene rings is 1. The van der Waals surface area contributed by atoms with Crippen molar-refractivity contribution >= 4 is 28.4 Å². The van der Waals surface area contributed by atoms with E-state index in [0.29, 0.717) is 16.8 Å². The van der Waals surface area contributed by atoms with Crippen LogP contribution in [0.4, 0.5) is 4.39 Å². The van der Waals surface area contributed by atoms with E-state index in [4.69, 9.17) is 16.9 Å². The number of allylic oxidation sites excluding steroid dienone is 4. The lowest BCUT2D eigenvalue weighted by Gasteiger charge is -2.24. The van der Waals surface area contributed by atoms with E-state index in [0.717, 1.165) is 5.39 Å². The van der Waals surface area contributed by atoms with Crippen molar-refractivity contribution < 1.29 is 14.3 Å². The minimum absolute atomic E-state index is 0.00628. The van der Waals surface area contributed by atoms with Crippen LogP contribution in [0.1, 0.15) is 27.2 Å². The normalized spacial score (nSPS) is 14.7. The number of nitriles is 1. The molecule has 1 heterocycles. The zero-order chi connectivity index (χ0) is 21.6. The molecule has 0 bridgehead atoms. The number of carbonyl (C=O) groups is 1. The number of nitrogens with zero attached hydrogens (tertiary/aromatic N) is 2. The molecule has 0 aliphatic rings. The molecule has 7 heteroatoms. The Morgan fingerprint density at radius 3 is 2.76 bits per heavy atom. The van der Waals surface area contributed by atoms with Crippen LogP contribution in [-0.4, -0.2) is 27.1 Å². The van der Waals surface area contributed by atoms with E-state index in [1.54, 1.807) is 35.9 Å². The number of hydrogen-bond acceptors (Lipinski definition) is 3. The Bertz CT molecular complexity index is 984. The van der Waals surface area contributed by atoms with Gasteiger partial charge in [-0.15, -0.1) is 11.6 Å². The van der Waals surface area contributed by atoms with Gasteiger partial charge in [0.05, 0.1) is 36.0 Å². The van der Waals surface area contributed by atoms with Gasteiger partial charge in [0.1, 0.15) is 5.82 Å². The third-order valence-corrected chi connectivity index (χ3v) is 4.73. The fourth-order valence-electron chi connectivity index (χ4n) is 2.95. The number of aliphatic hydroxyl groups is 1. The topological polar surface area (TPSA) is 78.1 Å². The van der Waals surface area contributed by atoms with Gasteiger partial charge in [-0.2, -0.15) is 5.26 Å². The van der Waals surface area contributed by atoms with Gasteiger partial charge in [-0.1, -0.05) is 13.8 Å². The van der Waals surface area contributed by atoms with Crippen molar-refractivity contribution in [3.8, 4) is 6.07 Å². The molecule has 2 aromatic rings. The minimum atomic E-state index is -1.34. The van der Waals surface area contributed by atoms with Crippen LogP contribution in [0.5, 0.6) is 0 Å². The molecule has 0 saturated carbocycles. The third kappa shape index (κ3) is 6.45. The maximum atomic E-state index is 13.6. The van der Waals surface area contributed by atoms with Gasteiger partial charge in [-0.3, -0.25) is 4.79 Å². The number of fused-ring (bicyclic) bond motifs is 1. The molecule has 0 radical (unpaired) electrons. The number of nitrogens with one attached hydrogen (secondary N) is 1. The van der Waals surface area contributed by atoms with E-state index in [-0.39, 0.29) is 36.5 Å². The van der Waals surface area contributed by atoms with Gasteiger partial charge in [0.15, 0.2) is 0 Å². The number of halogens is 2. The fraction of sp³-hybridized carbons (Fsp3) is 0.364. The Balaban J connectivity index is 2.11. The van der Waals surface area contributed by atoms with Crippen LogP contribution in [-0.2, 0) is 11.3 Å². The van der Waals surface area contributed by atoms with E-state index in [1.165, 1.54) is 12.1 Å². The number of rotatable bonds is 8. The molecule has 0 aliphatic heterocycles. The highest BCUT2D eigenvalue weighted by Crippen LogP contribution is 2.21. The average molecular weight is 418 g/mol.